The Hall–Kier alpha value is -4.38. The lowest BCUT2D eigenvalue weighted by Crippen LogP contribution is -2.22. The maximum Gasteiger partial charge on any atom is 0.344 e. The first-order valence-corrected chi connectivity index (χ1v) is 13.0. The number of aromatic nitrogens is 1. The fraction of sp³-hybridized carbons (Fsp3) is 0.212. The van der Waals surface area contributed by atoms with Crippen LogP contribution in [0.4, 0.5) is 0 Å². The summed E-state index contributed by atoms with van der Waals surface area (Å²) in [4.78, 5) is 24.7. The maximum atomic E-state index is 12.9. The van der Waals surface area contributed by atoms with Crippen LogP contribution in [0.1, 0.15) is 47.1 Å². The molecule has 0 saturated heterocycles. The molecule has 38 heavy (non-hydrogen) atoms. The van der Waals surface area contributed by atoms with Crippen LogP contribution in [-0.4, -0.2) is 23.8 Å². The predicted molar refractivity (Wildman–Crippen MR) is 149 cm³/mol. The molecule has 0 bridgehead atoms. The highest BCUT2D eigenvalue weighted by atomic mass is 16.6. The van der Waals surface area contributed by atoms with Gasteiger partial charge in [0, 0.05) is 30.3 Å². The number of carbonyl (C=O) groups is 1. The Morgan fingerprint density at radius 1 is 0.842 bits per heavy atom. The molecule has 0 amide bonds. The number of pyridine rings is 1. The maximum absolute atomic E-state index is 12.9. The zero-order valence-electron chi connectivity index (χ0n) is 21.5. The van der Waals surface area contributed by atoms with E-state index in [2.05, 4.69) is 54.6 Å². The molecule has 0 atom stereocenters. The van der Waals surface area contributed by atoms with Crippen molar-refractivity contribution < 1.29 is 14.3 Å². The third kappa shape index (κ3) is 5.78. The molecule has 0 aliphatic heterocycles. The lowest BCUT2D eigenvalue weighted by atomic mass is 9.86. The van der Waals surface area contributed by atoms with Crippen LogP contribution in [0.15, 0.2) is 108 Å². The number of hydrogen-bond acceptors (Lipinski definition) is 4. The molecule has 0 spiro atoms. The summed E-state index contributed by atoms with van der Waals surface area (Å²) >= 11 is 0. The van der Waals surface area contributed by atoms with Gasteiger partial charge in [0.05, 0.1) is 6.61 Å². The van der Waals surface area contributed by atoms with Crippen molar-refractivity contribution in [3.63, 3.8) is 0 Å². The van der Waals surface area contributed by atoms with Gasteiger partial charge >= 0.3 is 5.97 Å². The topological polar surface area (TPSA) is 57.5 Å². The zero-order valence-corrected chi connectivity index (χ0v) is 21.5. The van der Waals surface area contributed by atoms with E-state index in [0.29, 0.717) is 18.9 Å². The fourth-order valence-electron chi connectivity index (χ4n) is 5.09. The van der Waals surface area contributed by atoms with Gasteiger partial charge in [0.2, 0.25) is 0 Å². The average Bonchev–Trinajstić information content (AvgIpc) is 2.95. The Bertz CT molecular complexity index is 1450. The summed E-state index contributed by atoms with van der Waals surface area (Å²) in [7, 11) is 0. The molecule has 1 aromatic heterocycles. The van der Waals surface area contributed by atoms with Gasteiger partial charge in [0.1, 0.15) is 5.75 Å². The summed E-state index contributed by atoms with van der Waals surface area (Å²) in [6, 6.07) is 30.3. The minimum Gasteiger partial charge on any atom is -0.482 e. The molecule has 192 valence electrons. The van der Waals surface area contributed by atoms with Crippen LogP contribution in [0.25, 0.3) is 6.08 Å². The number of ether oxygens (including phenoxy) is 2. The van der Waals surface area contributed by atoms with Crippen LogP contribution in [0.5, 0.6) is 5.75 Å². The number of hydrogen-bond donors (Lipinski definition) is 0. The van der Waals surface area contributed by atoms with Crippen LogP contribution in [0.2, 0.25) is 0 Å². The molecular weight excluding hydrogens is 474 g/mol. The highest BCUT2D eigenvalue weighted by Gasteiger charge is 2.19. The van der Waals surface area contributed by atoms with Gasteiger partial charge in [0.25, 0.3) is 5.56 Å². The molecular formula is C33H31NO4. The number of allylic oxidation sites excluding steroid dienone is 1. The van der Waals surface area contributed by atoms with E-state index in [0.717, 1.165) is 29.5 Å². The van der Waals surface area contributed by atoms with Gasteiger partial charge in [0.15, 0.2) is 6.61 Å². The van der Waals surface area contributed by atoms with E-state index in [4.69, 9.17) is 9.47 Å². The van der Waals surface area contributed by atoms with Gasteiger partial charge in [-0.25, -0.2) is 4.79 Å². The molecule has 0 radical (unpaired) electrons. The normalized spacial score (nSPS) is 12.5. The van der Waals surface area contributed by atoms with Crippen LogP contribution < -0.4 is 10.3 Å². The standard InChI is InChI=1S/C33H31NO4/c1-2-37-32(36)23-38-30-15-9-14-27-20-24(16-18-29(27)30)21-34-22-28(17-19-31(34)35)33(25-10-5-3-6-11-25)26-12-7-4-8-13-26/h3-15,17,19-20,22,33H,2,16,18,21,23H2,1H3. The Balaban J connectivity index is 1.42. The molecule has 1 heterocycles. The number of fused-ring (bicyclic) bond motifs is 1. The Labute approximate surface area is 223 Å². The largest absolute Gasteiger partial charge is 0.482 e. The second-order valence-corrected chi connectivity index (χ2v) is 9.40. The third-order valence-electron chi connectivity index (χ3n) is 6.85. The number of benzene rings is 3. The van der Waals surface area contributed by atoms with Gasteiger partial charge in [-0.1, -0.05) is 84.9 Å². The molecule has 0 fully saturated rings. The van der Waals surface area contributed by atoms with Crippen LogP contribution in [0.3, 0.4) is 0 Å². The van der Waals surface area contributed by atoms with Crippen molar-refractivity contribution in [2.24, 2.45) is 0 Å². The molecule has 3 aromatic carbocycles. The molecule has 0 saturated carbocycles. The average molecular weight is 506 g/mol. The predicted octanol–water partition coefficient (Wildman–Crippen LogP) is 6.00. The van der Waals surface area contributed by atoms with E-state index in [1.54, 1.807) is 13.0 Å². The molecule has 5 nitrogen and oxygen atoms in total. The number of esters is 1. The first-order chi connectivity index (χ1) is 18.6. The lowest BCUT2D eigenvalue weighted by molar-refractivity contribution is -0.145. The van der Waals surface area contributed by atoms with E-state index in [9.17, 15) is 9.59 Å². The van der Waals surface area contributed by atoms with E-state index >= 15 is 0 Å². The summed E-state index contributed by atoms with van der Waals surface area (Å²) in [6.45, 7) is 2.53. The van der Waals surface area contributed by atoms with Crippen molar-refractivity contribution >= 4 is 12.0 Å². The second-order valence-electron chi connectivity index (χ2n) is 9.40. The molecule has 5 rings (SSSR count). The molecule has 1 aliphatic carbocycles. The molecule has 1 aliphatic rings. The van der Waals surface area contributed by atoms with Gasteiger partial charge < -0.3 is 14.0 Å². The Morgan fingerprint density at radius 2 is 1.55 bits per heavy atom. The minimum atomic E-state index is -0.374. The molecule has 5 heteroatoms. The minimum absolute atomic E-state index is 0.0214. The Morgan fingerprint density at radius 3 is 2.24 bits per heavy atom. The molecule has 0 unspecified atom stereocenters. The van der Waals surface area contributed by atoms with Crippen molar-refractivity contribution in [3.8, 4) is 5.75 Å². The van der Waals surface area contributed by atoms with Crippen molar-refractivity contribution in [2.45, 2.75) is 32.2 Å². The summed E-state index contributed by atoms with van der Waals surface area (Å²) in [6.07, 6.45) is 5.73. The van der Waals surface area contributed by atoms with Crippen molar-refractivity contribution in [3.05, 3.63) is 141 Å². The molecule has 0 N–H and O–H groups in total. The number of carbonyl (C=O) groups excluding carboxylic acids is 1. The number of nitrogens with zero attached hydrogens (tertiary/aromatic N) is 1. The third-order valence-corrected chi connectivity index (χ3v) is 6.85. The van der Waals surface area contributed by atoms with Gasteiger partial charge in [-0.15, -0.1) is 0 Å². The van der Waals surface area contributed by atoms with E-state index in [1.807, 2.05) is 47.2 Å². The monoisotopic (exact) mass is 505 g/mol. The van der Waals surface area contributed by atoms with Gasteiger partial charge in [-0.2, -0.15) is 0 Å². The van der Waals surface area contributed by atoms with Crippen LogP contribution in [0, 0.1) is 0 Å². The fourth-order valence-corrected chi connectivity index (χ4v) is 5.09. The second kappa shape index (κ2) is 11.8. The van der Waals surface area contributed by atoms with E-state index in [-0.39, 0.29) is 24.1 Å². The smallest absolute Gasteiger partial charge is 0.344 e. The summed E-state index contributed by atoms with van der Waals surface area (Å²) in [5, 5.41) is 0. The number of rotatable bonds is 9. The highest BCUT2D eigenvalue weighted by Crippen LogP contribution is 2.33. The van der Waals surface area contributed by atoms with Gasteiger partial charge in [-0.05, 0) is 53.7 Å². The zero-order chi connectivity index (χ0) is 26.3. The first-order valence-electron chi connectivity index (χ1n) is 13.0. The summed E-state index contributed by atoms with van der Waals surface area (Å²) in [5.41, 5.74) is 6.74. The lowest BCUT2D eigenvalue weighted by Gasteiger charge is -2.22. The Kier molecular flexibility index (Phi) is 7.84. The summed E-state index contributed by atoms with van der Waals surface area (Å²) < 4.78 is 12.5. The van der Waals surface area contributed by atoms with Crippen molar-refractivity contribution in [2.75, 3.05) is 13.2 Å². The van der Waals surface area contributed by atoms with Crippen molar-refractivity contribution in [1.82, 2.24) is 4.57 Å². The highest BCUT2D eigenvalue weighted by molar-refractivity contribution is 5.71. The van der Waals surface area contributed by atoms with Crippen LogP contribution in [-0.2, 0) is 22.5 Å². The summed E-state index contributed by atoms with van der Waals surface area (Å²) in [5.74, 6) is 0.365. The van der Waals surface area contributed by atoms with E-state index in [1.165, 1.54) is 16.7 Å². The quantitative estimate of drug-likeness (QED) is 0.262. The van der Waals surface area contributed by atoms with Gasteiger partial charge in [-0.3, -0.25) is 4.79 Å². The first kappa shape index (κ1) is 25.3. The molecule has 4 aromatic rings. The SMILES string of the molecule is CCOC(=O)COc1cccc2c1CCC(Cn1cc(C(c3ccccc3)c3ccccc3)ccc1=O)=C2. The van der Waals surface area contributed by atoms with Crippen molar-refractivity contribution in [1.29, 1.82) is 0 Å². The van der Waals surface area contributed by atoms with E-state index < -0.39 is 0 Å². The van der Waals surface area contributed by atoms with Crippen LogP contribution >= 0.6 is 0 Å².